The number of aromatic nitrogens is 1. The van der Waals surface area contributed by atoms with Gasteiger partial charge in [-0.15, -0.1) is 11.3 Å². The first-order valence-electron chi connectivity index (χ1n) is 5.75. The number of aliphatic imine (C=N–C) groups is 1. The van der Waals surface area contributed by atoms with Crippen molar-refractivity contribution in [1.82, 2.24) is 10.3 Å². The Morgan fingerprint density at radius 3 is 2.89 bits per heavy atom. The fourth-order valence-corrected chi connectivity index (χ4v) is 2.39. The molecule has 5 heteroatoms. The van der Waals surface area contributed by atoms with Crippen molar-refractivity contribution in [2.45, 2.75) is 6.42 Å². The van der Waals surface area contributed by atoms with Gasteiger partial charge in [0.05, 0.1) is 5.69 Å². The summed E-state index contributed by atoms with van der Waals surface area (Å²) in [4.78, 5) is 8.44. The first kappa shape index (κ1) is 12.6. The minimum atomic E-state index is 0.466. The minimum absolute atomic E-state index is 0.466. The van der Waals surface area contributed by atoms with Gasteiger partial charge in [0.25, 0.3) is 0 Å². The zero-order valence-corrected chi connectivity index (χ0v) is 11.1. The largest absolute Gasteiger partial charge is 0.370 e. The van der Waals surface area contributed by atoms with Gasteiger partial charge in [0.1, 0.15) is 5.01 Å². The number of hydrogen-bond acceptors (Lipinski definition) is 3. The van der Waals surface area contributed by atoms with E-state index in [9.17, 15) is 0 Å². The molecule has 0 atom stereocenters. The van der Waals surface area contributed by atoms with Gasteiger partial charge in [0.15, 0.2) is 5.96 Å². The maximum atomic E-state index is 5.55. The Bertz CT molecular complexity index is 519. The van der Waals surface area contributed by atoms with Crippen molar-refractivity contribution in [3.05, 3.63) is 41.4 Å². The van der Waals surface area contributed by atoms with Crippen molar-refractivity contribution in [3.63, 3.8) is 0 Å². The monoisotopic (exact) mass is 260 g/mol. The summed E-state index contributed by atoms with van der Waals surface area (Å²) in [7, 11) is 1.67. The van der Waals surface area contributed by atoms with Gasteiger partial charge in [0.2, 0.25) is 0 Å². The lowest BCUT2D eigenvalue weighted by molar-refractivity contribution is 0.840. The van der Waals surface area contributed by atoms with Crippen molar-refractivity contribution >= 4 is 17.3 Å². The smallest absolute Gasteiger partial charge is 0.188 e. The van der Waals surface area contributed by atoms with Crippen molar-refractivity contribution < 1.29 is 0 Å². The molecule has 0 aliphatic carbocycles. The van der Waals surface area contributed by atoms with E-state index >= 15 is 0 Å². The van der Waals surface area contributed by atoms with Crippen LogP contribution in [-0.4, -0.2) is 24.5 Å². The van der Waals surface area contributed by atoms with Gasteiger partial charge in [-0.2, -0.15) is 0 Å². The molecule has 0 saturated heterocycles. The van der Waals surface area contributed by atoms with Gasteiger partial charge >= 0.3 is 0 Å². The van der Waals surface area contributed by atoms with E-state index in [1.165, 1.54) is 0 Å². The van der Waals surface area contributed by atoms with Crippen LogP contribution in [0.3, 0.4) is 0 Å². The second-order valence-corrected chi connectivity index (χ2v) is 4.65. The quantitative estimate of drug-likeness (QED) is 0.652. The summed E-state index contributed by atoms with van der Waals surface area (Å²) in [6, 6.07) is 10.2. The highest BCUT2D eigenvalue weighted by atomic mass is 32.1. The SMILES string of the molecule is CN=C(N)NCCc1csc(-c2ccccc2)n1. The molecule has 0 spiro atoms. The summed E-state index contributed by atoms with van der Waals surface area (Å²) < 4.78 is 0. The van der Waals surface area contributed by atoms with Crippen LogP contribution in [0.4, 0.5) is 0 Å². The van der Waals surface area contributed by atoms with Crippen molar-refractivity contribution in [3.8, 4) is 10.6 Å². The normalized spacial score (nSPS) is 11.5. The maximum absolute atomic E-state index is 5.55. The lowest BCUT2D eigenvalue weighted by Crippen LogP contribution is -2.32. The molecule has 0 fully saturated rings. The van der Waals surface area contributed by atoms with Crippen LogP contribution < -0.4 is 11.1 Å². The number of nitrogens with zero attached hydrogens (tertiary/aromatic N) is 2. The number of nitrogens with one attached hydrogen (secondary N) is 1. The highest BCUT2D eigenvalue weighted by Gasteiger charge is 2.03. The summed E-state index contributed by atoms with van der Waals surface area (Å²) >= 11 is 1.67. The first-order chi connectivity index (χ1) is 8.79. The topological polar surface area (TPSA) is 63.3 Å². The third-order valence-corrected chi connectivity index (χ3v) is 3.44. The van der Waals surface area contributed by atoms with Crippen LogP contribution in [-0.2, 0) is 6.42 Å². The van der Waals surface area contributed by atoms with Crippen LogP contribution in [0.2, 0.25) is 0 Å². The summed E-state index contributed by atoms with van der Waals surface area (Å²) in [6.45, 7) is 0.751. The molecule has 18 heavy (non-hydrogen) atoms. The van der Waals surface area contributed by atoms with Crippen LogP contribution in [0, 0.1) is 0 Å². The molecule has 0 aliphatic rings. The first-order valence-corrected chi connectivity index (χ1v) is 6.63. The molecule has 0 radical (unpaired) electrons. The van der Waals surface area contributed by atoms with Crippen molar-refractivity contribution in [2.24, 2.45) is 10.7 Å². The Kier molecular flexibility index (Phi) is 4.30. The Balaban J connectivity index is 1.95. The zero-order valence-electron chi connectivity index (χ0n) is 10.3. The van der Waals surface area contributed by atoms with E-state index in [0.29, 0.717) is 5.96 Å². The second-order valence-electron chi connectivity index (χ2n) is 3.80. The van der Waals surface area contributed by atoms with E-state index < -0.39 is 0 Å². The lowest BCUT2D eigenvalue weighted by Gasteiger charge is -2.02. The summed E-state index contributed by atoms with van der Waals surface area (Å²) in [5, 5.41) is 6.17. The van der Waals surface area contributed by atoms with E-state index in [1.54, 1.807) is 18.4 Å². The number of nitrogens with two attached hydrogens (primary N) is 1. The molecule has 0 amide bonds. The zero-order chi connectivity index (χ0) is 12.8. The summed E-state index contributed by atoms with van der Waals surface area (Å²) in [5.74, 6) is 0.466. The maximum Gasteiger partial charge on any atom is 0.188 e. The van der Waals surface area contributed by atoms with E-state index in [1.807, 2.05) is 18.2 Å². The van der Waals surface area contributed by atoms with Gasteiger partial charge < -0.3 is 11.1 Å². The minimum Gasteiger partial charge on any atom is -0.370 e. The molecule has 1 heterocycles. The molecule has 0 unspecified atom stereocenters. The van der Waals surface area contributed by atoms with Gasteiger partial charge in [-0.3, -0.25) is 4.99 Å². The molecule has 1 aromatic heterocycles. The van der Waals surface area contributed by atoms with Gasteiger partial charge in [-0.05, 0) is 0 Å². The lowest BCUT2D eigenvalue weighted by atomic mass is 10.2. The molecular formula is C13H16N4S. The molecule has 0 bridgehead atoms. The van der Waals surface area contributed by atoms with Crippen LogP contribution in [0.25, 0.3) is 10.6 Å². The predicted octanol–water partition coefficient (Wildman–Crippen LogP) is 1.89. The second kappa shape index (κ2) is 6.16. The van der Waals surface area contributed by atoms with Crippen molar-refractivity contribution in [2.75, 3.05) is 13.6 Å². The Morgan fingerprint density at radius 1 is 1.39 bits per heavy atom. The van der Waals surface area contributed by atoms with E-state index in [-0.39, 0.29) is 0 Å². The van der Waals surface area contributed by atoms with Gasteiger partial charge in [-0.25, -0.2) is 4.98 Å². The number of benzene rings is 1. The third kappa shape index (κ3) is 3.30. The highest BCUT2D eigenvalue weighted by Crippen LogP contribution is 2.23. The van der Waals surface area contributed by atoms with Crippen LogP contribution >= 0.6 is 11.3 Å². The number of guanidine groups is 1. The van der Waals surface area contributed by atoms with Crippen molar-refractivity contribution in [1.29, 1.82) is 0 Å². The third-order valence-electron chi connectivity index (χ3n) is 2.50. The van der Waals surface area contributed by atoms with Gasteiger partial charge in [-0.1, -0.05) is 30.3 Å². The molecule has 2 aromatic rings. The van der Waals surface area contributed by atoms with Crippen LogP contribution in [0.5, 0.6) is 0 Å². The molecular weight excluding hydrogens is 244 g/mol. The van der Waals surface area contributed by atoms with Gasteiger partial charge in [0, 0.05) is 31.0 Å². The molecule has 94 valence electrons. The molecule has 3 N–H and O–H groups in total. The summed E-state index contributed by atoms with van der Waals surface area (Å²) in [5.41, 5.74) is 7.80. The average molecular weight is 260 g/mol. The molecule has 4 nitrogen and oxygen atoms in total. The number of thiazole rings is 1. The molecule has 0 aliphatic heterocycles. The highest BCUT2D eigenvalue weighted by molar-refractivity contribution is 7.13. The van der Waals surface area contributed by atoms with Crippen LogP contribution in [0.1, 0.15) is 5.69 Å². The fraction of sp³-hybridized carbons (Fsp3) is 0.231. The standard InChI is InChI=1S/C13H16N4S/c1-15-13(14)16-8-7-11-9-18-12(17-11)10-5-3-2-4-6-10/h2-6,9H,7-8H2,1H3,(H3,14,15,16). The number of hydrogen-bond donors (Lipinski definition) is 2. The van der Waals surface area contributed by atoms with E-state index in [4.69, 9.17) is 5.73 Å². The Hall–Kier alpha value is -1.88. The fourth-order valence-electron chi connectivity index (χ4n) is 1.53. The molecule has 1 aromatic carbocycles. The Morgan fingerprint density at radius 2 is 2.17 bits per heavy atom. The molecule has 2 rings (SSSR count). The van der Waals surface area contributed by atoms with E-state index in [2.05, 4.69) is 32.8 Å². The number of rotatable bonds is 4. The molecule has 0 saturated carbocycles. The predicted molar refractivity (Wildman–Crippen MR) is 76.8 cm³/mol. The Labute approximate surface area is 111 Å². The summed E-state index contributed by atoms with van der Waals surface area (Å²) in [6.07, 6.45) is 0.847. The van der Waals surface area contributed by atoms with Crippen LogP contribution in [0.15, 0.2) is 40.7 Å². The average Bonchev–Trinajstić information content (AvgIpc) is 2.88. The van der Waals surface area contributed by atoms with E-state index in [0.717, 1.165) is 29.2 Å².